The molecule has 0 N–H and O–H groups in total. The number of carbonyl (C=O) groups is 1. The molecule has 94 valence electrons. The molecule has 2 nitrogen and oxygen atoms in total. The van der Waals surface area contributed by atoms with Gasteiger partial charge in [-0.2, -0.15) is 0 Å². The Morgan fingerprint density at radius 2 is 1.81 bits per heavy atom. The largest absolute Gasteiger partial charge is 0.302 e. The number of Topliss-reactive ketones (excluding diaryl/α,β-unsaturated/α-hetero) is 1. The molecule has 0 amide bonds. The van der Waals surface area contributed by atoms with Crippen molar-refractivity contribution in [2.45, 2.75) is 47.5 Å². The zero-order valence-corrected chi connectivity index (χ0v) is 11.5. The third-order valence-corrected chi connectivity index (χ3v) is 4.15. The lowest BCUT2D eigenvalue weighted by atomic mass is 9.84. The predicted molar refractivity (Wildman–Crippen MR) is 68.5 cm³/mol. The Kier molecular flexibility index (Phi) is 4.54. The lowest BCUT2D eigenvalue weighted by Gasteiger charge is -2.37. The first-order valence-electron chi connectivity index (χ1n) is 6.56. The Labute approximate surface area is 100 Å². The summed E-state index contributed by atoms with van der Waals surface area (Å²) < 4.78 is 0. The van der Waals surface area contributed by atoms with Crippen LogP contribution < -0.4 is 0 Å². The van der Waals surface area contributed by atoms with Crippen molar-refractivity contribution in [2.75, 3.05) is 19.6 Å². The maximum atomic E-state index is 11.5. The highest BCUT2D eigenvalue weighted by Crippen LogP contribution is 2.27. The van der Waals surface area contributed by atoms with Crippen LogP contribution in [0.4, 0.5) is 0 Å². The molecule has 1 aliphatic rings. The van der Waals surface area contributed by atoms with Crippen LogP contribution in [0.3, 0.4) is 0 Å². The van der Waals surface area contributed by atoms with Gasteiger partial charge in [0.15, 0.2) is 0 Å². The van der Waals surface area contributed by atoms with E-state index in [4.69, 9.17) is 0 Å². The van der Waals surface area contributed by atoms with E-state index < -0.39 is 0 Å². The molecule has 0 spiro atoms. The Hall–Kier alpha value is -0.370. The van der Waals surface area contributed by atoms with Gasteiger partial charge in [0.1, 0.15) is 5.78 Å². The van der Waals surface area contributed by atoms with Crippen molar-refractivity contribution < 1.29 is 4.79 Å². The third-order valence-electron chi connectivity index (χ3n) is 4.15. The molecule has 0 aromatic carbocycles. The van der Waals surface area contributed by atoms with Gasteiger partial charge in [-0.15, -0.1) is 0 Å². The second-order valence-corrected chi connectivity index (χ2v) is 6.30. The molecule has 0 aromatic heterocycles. The van der Waals surface area contributed by atoms with Crippen molar-refractivity contribution in [2.24, 2.45) is 17.3 Å². The lowest BCUT2D eigenvalue weighted by Crippen LogP contribution is -2.43. The summed E-state index contributed by atoms with van der Waals surface area (Å²) in [6, 6.07) is 0. The summed E-state index contributed by atoms with van der Waals surface area (Å²) in [6.45, 7) is 13.7. The summed E-state index contributed by atoms with van der Waals surface area (Å²) in [5, 5.41) is 0. The molecule has 1 aliphatic heterocycles. The molecule has 0 atom stereocenters. The van der Waals surface area contributed by atoms with E-state index >= 15 is 0 Å². The summed E-state index contributed by atoms with van der Waals surface area (Å²) in [7, 11) is 0. The van der Waals surface area contributed by atoms with Crippen LogP contribution in [0, 0.1) is 17.3 Å². The molecule has 0 unspecified atom stereocenters. The van der Waals surface area contributed by atoms with Gasteiger partial charge in [-0.3, -0.25) is 4.79 Å². The van der Waals surface area contributed by atoms with Crippen molar-refractivity contribution in [3.05, 3.63) is 0 Å². The molecule has 0 aromatic rings. The van der Waals surface area contributed by atoms with Crippen LogP contribution in [-0.2, 0) is 4.79 Å². The molecule has 0 bridgehead atoms. The number of ketones is 1. The van der Waals surface area contributed by atoms with E-state index in [9.17, 15) is 4.79 Å². The normalized spacial score (nSPS) is 20.4. The van der Waals surface area contributed by atoms with E-state index in [1.807, 2.05) is 0 Å². The van der Waals surface area contributed by atoms with Crippen LogP contribution in [0.2, 0.25) is 0 Å². The van der Waals surface area contributed by atoms with Crippen LogP contribution >= 0.6 is 0 Å². The van der Waals surface area contributed by atoms with E-state index in [2.05, 4.69) is 32.6 Å². The van der Waals surface area contributed by atoms with Gasteiger partial charge in [0.25, 0.3) is 0 Å². The first-order valence-corrected chi connectivity index (χ1v) is 6.56. The van der Waals surface area contributed by atoms with E-state index in [1.54, 1.807) is 6.92 Å². The van der Waals surface area contributed by atoms with Crippen molar-refractivity contribution in [1.82, 2.24) is 4.90 Å². The van der Waals surface area contributed by atoms with Crippen molar-refractivity contribution in [3.63, 3.8) is 0 Å². The quantitative estimate of drug-likeness (QED) is 0.733. The third kappa shape index (κ3) is 3.58. The molecule has 2 heteroatoms. The second kappa shape index (κ2) is 5.31. The maximum Gasteiger partial charge on any atom is 0.136 e. The minimum atomic E-state index is -0.176. The molecule has 1 rings (SSSR count). The number of carbonyl (C=O) groups excluding carboxylic acids is 1. The van der Waals surface area contributed by atoms with Gasteiger partial charge in [0.2, 0.25) is 0 Å². The standard InChI is InChI=1S/C14H27NO/c1-11(2)13-6-8-15(9-7-13)10-14(4,5)12(3)16/h11,13H,6-10H2,1-5H3. The van der Waals surface area contributed by atoms with Gasteiger partial charge in [0.05, 0.1) is 0 Å². The highest BCUT2D eigenvalue weighted by Gasteiger charge is 2.29. The molecular formula is C14H27NO. The first kappa shape index (κ1) is 13.7. The summed E-state index contributed by atoms with van der Waals surface area (Å²) in [6.07, 6.45) is 2.59. The maximum absolute atomic E-state index is 11.5. The van der Waals surface area contributed by atoms with E-state index in [-0.39, 0.29) is 5.41 Å². The van der Waals surface area contributed by atoms with Crippen molar-refractivity contribution >= 4 is 5.78 Å². The van der Waals surface area contributed by atoms with Gasteiger partial charge in [-0.25, -0.2) is 0 Å². The highest BCUT2D eigenvalue weighted by atomic mass is 16.1. The SMILES string of the molecule is CC(=O)C(C)(C)CN1CCC(C(C)C)CC1. The van der Waals surface area contributed by atoms with Gasteiger partial charge in [0, 0.05) is 12.0 Å². The minimum Gasteiger partial charge on any atom is -0.302 e. The van der Waals surface area contributed by atoms with Crippen molar-refractivity contribution in [3.8, 4) is 0 Å². The average Bonchev–Trinajstić information content (AvgIpc) is 2.17. The number of piperidine rings is 1. The lowest BCUT2D eigenvalue weighted by molar-refractivity contribution is -0.126. The van der Waals surface area contributed by atoms with Gasteiger partial charge < -0.3 is 4.90 Å². The summed E-state index contributed by atoms with van der Waals surface area (Å²) in [5.74, 6) is 2.00. The van der Waals surface area contributed by atoms with Crippen LogP contribution in [-0.4, -0.2) is 30.3 Å². The fraction of sp³-hybridized carbons (Fsp3) is 0.929. The van der Waals surface area contributed by atoms with Crippen LogP contribution in [0.15, 0.2) is 0 Å². The summed E-state index contributed by atoms with van der Waals surface area (Å²) in [4.78, 5) is 13.9. The molecule has 0 radical (unpaired) electrons. The predicted octanol–water partition coefficient (Wildman–Crippen LogP) is 2.97. The number of hydrogen-bond acceptors (Lipinski definition) is 2. The molecule has 0 saturated carbocycles. The highest BCUT2D eigenvalue weighted by molar-refractivity contribution is 5.81. The second-order valence-electron chi connectivity index (χ2n) is 6.30. The Morgan fingerprint density at radius 3 is 2.19 bits per heavy atom. The molecule has 1 saturated heterocycles. The number of rotatable bonds is 4. The molecule has 16 heavy (non-hydrogen) atoms. The topological polar surface area (TPSA) is 20.3 Å². The Bertz CT molecular complexity index is 237. The molecule has 0 aliphatic carbocycles. The van der Waals surface area contributed by atoms with Gasteiger partial charge in [-0.1, -0.05) is 27.7 Å². The first-order chi connectivity index (χ1) is 7.33. The van der Waals surface area contributed by atoms with Crippen LogP contribution in [0.25, 0.3) is 0 Å². The van der Waals surface area contributed by atoms with Crippen LogP contribution in [0.5, 0.6) is 0 Å². The van der Waals surface area contributed by atoms with E-state index in [1.165, 1.54) is 25.9 Å². The zero-order valence-electron chi connectivity index (χ0n) is 11.5. The number of hydrogen-bond donors (Lipinski definition) is 0. The Morgan fingerprint density at radius 1 is 1.31 bits per heavy atom. The van der Waals surface area contributed by atoms with E-state index in [0.29, 0.717) is 5.78 Å². The summed E-state index contributed by atoms with van der Waals surface area (Å²) >= 11 is 0. The van der Waals surface area contributed by atoms with E-state index in [0.717, 1.165) is 18.4 Å². The van der Waals surface area contributed by atoms with Gasteiger partial charge in [-0.05, 0) is 44.7 Å². The molecule has 1 fully saturated rings. The van der Waals surface area contributed by atoms with Crippen molar-refractivity contribution in [1.29, 1.82) is 0 Å². The number of likely N-dealkylation sites (tertiary alicyclic amines) is 1. The Balaban J connectivity index is 2.40. The minimum absolute atomic E-state index is 0.176. The fourth-order valence-corrected chi connectivity index (χ4v) is 2.45. The fourth-order valence-electron chi connectivity index (χ4n) is 2.45. The summed E-state index contributed by atoms with van der Waals surface area (Å²) in [5.41, 5.74) is -0.176. The molecule has 1 heterocycles. The number of nitrogens with zero attached hydrogens (tertiary/aromatic N) is 1. The molecular weight excluding hydrogens is 198 g/mol. The van der Waals surface area contributed by atoms with Crippen LogP contribution in [0.1, 0.15) is 47.5 Å². The van der Waals surface area contributed by atoms with Gasteiger partial charge >= 0.3 is 0 Å². The monoisotopic (exact) mass is 225 g/mol. The smallest absolute Gasteiger partial charge is 0.136 e. The zero-order chi connectivity index (χ0) is 12.3. The average molecular weight is 225 g/mol.